The van der Waals surface area contributed by atoms with Gasteiger partial charge in [-0.05, 0) is 46.0 Å². The van der Waals surface area contributed by atoms with Crippen molar-refractivity contribution in [3.8, 4) is 0 Å². The molecule has 0 unspecified atom stereocenters. The van der Waals surface area contributed by atoms with Crippen LogP contribution in [0.25, 0.3) is 0 Å². The molecule has 0 aliphatic carbocycles. The summed E-state index contributed by atoms with van der Waals surface area (Å²) in [7, 11) is 0. The van der Waals surface area contributed by atoms with Crippen molar-refractivity contribution in [3.63, 3.8) is 0 Å². The molecule has 2 aliphatic rings. The van der Waals surface area contributed by atoms with Crippen LogP contribution in [0.3, 0.4) is 0 Å². The first kappa shape index (κ1) is 24.7. The lowest BCUT2D eigenvalue weighted by molar-refractivity contribution is -0.0318. The van der Waals surface area contributed by atoms with Crippen LogP contribution in [0.5, 0.6) is 0 Å². The zero-order valence-corrected chi connectivity index (χ0v) is 19.5. The van der Waals surface area contributed by atoms with Gasteiger partial charge in [0.05, 0.1) is 6.10 Å². The molecule has 27 heavy (non-hydrogen) atoms. The Bertz CT molecular complexity index is 434. The van der Waals surface area contributed by atoms with Crippen LogP contribution in [0.15, 0.2) is 17.1 Å². The Morgan fingerprint density at radius 1 is 1.22 bits per heavy atom. The fourth-order valence-corrected chi connectivity index (χ4v) is 3.48. The second kappa shape index (κ2) is 14.6. The van der Waals surface area contributed by atoms with E-state index < -0.39 is 0 Å². The molecule has 2 saturated heterocycles. The van der Waals surface area contributed by atoms with Gasteiger partial charge in [-0.15, -0.1) is 24.0 Å². The predicted octanol–water partition coefficient (Wildman–Crippen LogP) is 2.79. The topological polar surface area (TPSA) is 58.1 Å². The molecule has 2 N–H and O–H groups in total. The fourth-order valence-electron chi connectivity index (χ4n) is 3.48. The highest BCUT2D eigenvalue weighted by atomic mass is 127. The number of nitrogens with one attached hydrogen (secondary N) is 2. The Kier molecular flexibility index (Phi) is 13.3. The Balaban J connectivity index is 0.00000364. The highest BCUT2D eigenvalue weighted by molar-refractivity contribution is 14.0. The lowest BCUT2D eigenvalue weighted by Crippen LogP contribution is -2.48. The molecule has 0 bridgehead atoms. The number of nitrogens with zero attached hydrogens (tertiary/aromatic N) is 2. The summed E-state index contributed by atoms with van der Waals surface area (Å²) in [4.78, 5) is 7.20. The van der Waals surface area contributed by atoms with Gasteiger partial charge < -0.3 is 20.1 Å². The van der Waals surface area contributed by atoms with E-state index in [0.29, 0.717) is 12.1 Å². The van der Waals surface area contributed by atoms with Crippen LogP contribution in [-0.2, 0) is 9.47 Å². The number of guanidine groups is 1. The zero-order chi connectivity index (χ0) is 18.6. The molecule has 2 heterocycles. The first-order chi connectivity index (χ1) is 12.7. The molecule has 7 heteroatoms. The number of likely N-dealkylation sites (tertiary alicyclic amines) is 1. The molecule has 0 atom stereocenters. The number of ether oxygens (including phenoxy) is 2. The molecule has 0 aromatic rings. The molecule has 158 valence electrons. The minimum Gasteiger partial charge on any atom is -0.381 e. The maximum Gasteiger partial charge on any atom is 0.191 e. The summed E-state index contributed by atoms with van der Waals surface area (Å²) in [5, 5.41) is 6.97. The summed E-state index contributed by atoms with van der Waals surface area (Å²) in [6.45, 7) is 15.7. The Labute approximate surface area is 182 Å². The Hall–Kier alpha value is -0.380. The van der Waals surface area contributed by atoms with Gasteiger partial charge >= 0.3 is 0 Å². The molecule has 0 spiro atoms. The standard InChI is InChI=1S/C20H38N4O2.HI/c1-4-21-20(22-10-5-13-26-19-8-14-25-15-9-19)23-18-6-11-24(12-7-18)16-17(2)3;/h18-19H,2,4-16H2,1,3H3,(H2,21,22,23);1H. The van der Waals surface area contributed by atoms with Gasteiger partial charge in [-0.1, -0.05) is 12.2 Å². The van der Waals surface area contributed by atoms with Crippen molar-refractivity contribution in [1.82, 2.24) is 15.5 Å². The number of rotatable bonds is 9. The highest BCUT2D eigenvalue weighted by Crippen LogP contribution is 2.12. The van der Waals surface area contributed by atoms with Crippen molar-refractivity contribution in [2.24, 2.45) is 4.99 Å². The quantitative estimate of drug-likeness (QED) is 0.170. The van der Waals surface area contributed by atoms with Gasteiger partial charge in [-0.3, -0.25) is 9.89 Å². The molecule has 2 fully saturated rings. The van der Waals surface area contributed by atoms with Gasteiger partial charge in [0.2, 0.25) is 0 Å². The molecular weight excluding hydrogens is 455 g/mol. The van der Waals surface area contributed by atoms with E-state index in [0.717, 1.165) is 90.6 Å². The van der Waals surface area contributed by atoms with Gasteiger partial charge in [0.1, 0.15) is 0 Å². The number of hydrogen-bond acceptors (Lipinski definition) is 4. The van der Waals surface area contributed by atoms with Gasteiger partial charge in [-0.25, -0.2) is 0 Å². The van der Waals surface area contributed by atoms with Crippen molar-refractivity contribution in [2.45, 2.75) is 58.1 Å². The lowest BCUT2D eigenvalue weighted by Gasteiger charge is -2.33. The monoisotopic (exact) mass is 494 g/mol. The van der Waals surface area contributed by atoms with Crippen molar-refractivity contribution >= 4 is 29.9 Å². The summed E-state index contributed by atoms with van der Waals surface area (Å²) >= 11 is 0. The maximum absolute atomic E-state index is 5.92. The third-order valence-electron chi connectivity index (χ3n) is 4.86. The molecule has 2 aliphatic heterocycles. The third-order valence-corrected chi connectivity index (χ3v) is 4.86. The summed E-state index contributed by atoms with van der Waals surface area (Å²) in [6.07, 6.45) is 5.71. The number of aliphatic imine (C=N–C) groups is 1. The zero-order valence-electron chi connectivity index (χ0n) is 17.2. The molecule has 0 amide bonds. The molecule has 0 radical (unpaired) electrons. The Morgan fingerprint density at radius 2 is 1.93 bits per heavy atom. The van der Waals surface area contributed by atoms with Crippen LogP contribution in [0.1, 0.15) is 46.0 Å². The second-order valence-electron chi connectivity index (χ2n) is 7.45. The van der Waals surface area contributed by atoms with E-state index in [-0.39, 0.29) is 24.0 Å². The van der Waals surface area contributed by atoms with E-state index in [9.17, 15) is 0 Å². The number of hydrogen-bond donors (Lipinski definition) is 2. The minimum atomic E-state index is 0. The average molecular weight is 494 g/mol. The summed E-state index contributed by atoms with van der Waals surface area (Å²) in [5.41, 5.74) is 1.24. The van der Waals surface area contributed by atoms with Gasteiger partial charge in [0.15, 0.2) is 5.96 Å². The highest BCUT2D eigenvalue weighted by Gasteiger charge is 2.19. The van der Waals surface area contributed by atoms with E-state index in [2.05, 4.69) is 36.0 Å². The van der Waals surface area contributed by atoms with Crippen LogP contribution in [0.2, 0.25) is 0 Å². The van der Waals surface area contributed by atoms with E-state index in [1.165, 1.54) is 5.57 Å². The Morgan fingerprint density at radius 3 is 2.56 bits per heavy atom. The van der Waals surface area contributed by atoms with Crippen molar-refractivity contribution in [3.05, 3.63) is 12.2 Å². The van der Waals surface area contributed by atoms with Crippen LogP contribution in [0.4, 0.5) is 0 Å². The molecule has 6 nitrogen and oxygen atoms in total. The van der Waals surface area contributed by atoms with E-state index in [4.69, 9.17) is 14.5 Å². The molecule has 0 saturated carbocycles. The maximum atomic E-state index is 5.92. The van der Waals surface area contributed by atoms with E-state index in [1.807, 2.05) is 0 Å². The normalized spacial score (nSPS) is 20.1. The second-order valence-corrected chi connectivity index (χ2v) is 7.45. The molecule has 2 rings (SSSR count). The van der Waals surface area contributed by atoms with Gasteiger partial charge in [-0.2, -0.15) is 0 Å². The fraction of sp³-hybridized carbons (Fsp3) is 0.850. The van der Waals surface area contributed by atoms with Gasteiger partial charge in [0, 0.05) is 58.6 Å². The van der Waals surface area contributed by atoms with Crippen molar-refractivity contribution in [1.29, 1.82) is 0 Å². The predicted molar refractivity (Wildman–Crippen MR) is 123 cm³/mol. The van der Waals surface area contributed by atoms with E-state index in [1.54, 1.807) is 0 Å². The van der Waals surface area contributed by atoms with Crippen LogP contribution < -0.4 is 10.6 Å². The molecule has 0 aromatic carbocycles. The van der Waals surface area contributed by atoms with Crippen LogP contribution in [0, 0.1) is 0 Å². The lowest BCUT2D eigenvalue weighted by atomic mass is 10.0. The summed E-state index contributed by atoms with van der Waals surface area (Å²) < 4.78 is 11.3. The van der Waals surface area contributed by atoms with Gasteiger partial charge in [0.25, 0.3) is 0 Å². The minimum absolute atomic E-state index is 0. The molecule has 0 aromatic heterocycles. The number of piperidine rings is 1. The van der Waals surface area contributed by atoms with Crippen LogP contribution >= 0.6 is 24.0 Å². The third kappa shape index (κ3) is 10.7. The first-order valence-electron chi connectivity index (χ1n) is 10.3. The largest absolute Gasteiger partial charge is 0.381 e. The van der Waals surface area contributed by atoms with Crippen molar-refractivity contribution < 1.29 is 9.47 Å². The first-order valence-corrected chi connectivity index (χ1v) is 10.3. The van der Waals surface area contributed by atoms with Crippen LogP contribution in [-0.4, -0.2) is 75.5 Å². The number of halogens is 1. The average Bonchev–Trinajstić information content (AvgIpc) is 2.63. The van der Waals surface area contributed by atoms with Crippen molar-refractivity contribution in [2.75, 3.05) is 52.5 Å². The summed E-state index contributed by atoms with van der Waals surface area (Å²) in [5.74, 6) is 0.942. The smallest absolute Gasteiger partial charge is 0.191 e. The molecular formula is C20H39IN4O2. The SMILES string of the molecule is C=C(C)CN1CCC(NC(=NCCCOC2CCOCC2)NCC)CC1.I. The summed E-state index contributed by atoms with van der Waals surface area (Å²) in [6, 6.07) is 0.507. The van der Waals surface area contributed by atoms with E-state index >= 15 is 0 Å².